The molecule has 8 aromatic carbocycles. The monoisotopic (exact) mass is 727 g/mol. The largest absolute Gasteiger partial charge is 0.455 e. The minimum absolute atomic E-state index is 0.540. The average molecular weight is 728 g/mol. The van der Waals surface area contributed by atoms with E-state index in [0.717, 1.165) is 61.2 Å². The summed E-state index contributed by atoms with van der Waals surface area (Å²) in [6.07, 6.45) is 2.09. The fraction of sp³-hybridized carbons (Fsp3) is 0.0364. The molecule has 1 unspecified atom stereocenters. The molecule has 1 heterocycles. The van der Waals surface area contributed by atoms with Crippen molar-refractivity contribution in [1.29, 1.82) is 0 Å². The van der Waals surface area contributed by atoms with Gasteiger partial charge >= 0.3 is 0 Å². The molecule has 0 amide bonds. The average Bonchev–Trinajstić information content (AvgIpc) is 3.91. The van der Waals surface area contributed by atoms with E-state index in [0.29, 0.717) is 0 Å². The zero-order valence-corrected chi connectivity index (χ0v) is 31.5. The maximum absolute atomic E-state index is 6.78. The predicted molar refractivity (Wildman–Crippen MR) is 238 cm³/mol. The van der Waals surface area contributed by atoms with E-state index in [-0.39, 0.29) is 0 Å². The zero-order chi connectivity index (χ0) is 38.1. The lowest BCUT2D eigenvalue weighted by Gasteiger charge is -2.32. The number of hydrogen-bond acceptors (Lipinski definition) is 2. The minimum Gasteiger partial charge on any atom is -0.455 e. The molecular weight excluding hydrogens is 691 g/mol. The van der Waals surface area contributed by atoms with Gasteiger partial charge in [-0.3, -0.25) is 4.99 Å². The number of aliphatic imine (C=N–C) groups is 1. The molecule has 0 bridgehead atoms. The first kappa shape index (κ1) is 33.1. The summed E-state index contributed by atoms with van der Waals surface area (Å²) in [6, 6.07) is 67.4. The Balaban J connectivity index is 1.11. The van der Waals surface area contributed by atoms with Gasteiger partial charge in [0, 0.05) is 27.6 Å². The summed E-state index contributed by atoms with van der Waals surface area (Å²) in [4.78, 5) is 5.31. The van der Waals surface area contributed by atoms with Gasteiger partial charge in [0.25, 0.3) is 0 Å². The molecule has 57 heavy (non-hydrogen) atoms. The molecule has 1 atom stereocenters. The van der Waals surface area contributed by atoms with Crippen molar-refractivity contribution >= 4 is 38.9 Å². The molecule has 0 saturated carbocycles. The van der Waals surface area contributed by atoms with Crippen LogP contribution in [0.2, 0.25) is 0 Å². The van der Waals surface area contributed by atoms with Gasteiger partial charge in [-0.05, 0) is 91.9 Å². The Morgan fingerprint density at radius 2 is 1.14 bits per heavy atom. The quantitative estimate of drug-likeness (QED) is 0.124. The van der Waals surface area contributed by atoms with E-state index < -0.39 is 5.41 Å². The van der Waals surface area contributed by atoms with Crippen LogP contribution < -0.4 is 0 Å². The van der Waals surface area contributed by atoms with Gasteiger partial charge in [0.15, 0.2) is 0 Å². The summed E-state index contributed by atoms with van der Waals surface area (Å²) < 4.78 is 6.78. The van der Waals surface area contributed by atoms with E-state index in [2.05, 4.69) is 183 Å². The van der Waals surface area contributed by atoms with E-state index in [1.807, 2.05) is 24.3 Å². The highest BCUT2D eigenvalue weighted by atomic mass is 16.3. The zero-order valence-electron chi connectivity index (χ0n) is 31.5. The van der Waals surface area contributed by atoms with Gasteiger partial charge in [-0.2, -0.15) is 0 Å². The molecule has 2 aliphatic rings. The highest BCUT2D eigenvalue weighted by Gasteiger charge is 2.53. The normalized spacial score (nSPS) is 15.5. The molecule has 1 spiro atoms. The fourth-order valence-electron chi connectivity index (χ4n) is 9.55. The van der Waals surface area contributed by atoms with Crippen molar-refractivity contribution in [1.82, 2.24) is 0 Å². The number of para-hydroxylation sites is 1. The summed E-state index contributed by atoms with van der Waals surface area (Å²) >= 11 is 0. The van der Waals surface area contributed by atoms with Crippen molar-refractivity contribution in [2.24, 2.45) is 4.99 Å². The van der Waals surface area contributed by atoms with Crippen LogP contribution >= 0.6 is 0 Å². The van der Waals surface area contributed by atoms with Crippen molar-refractivity contribution in [3.05, 3.63) is 240 Å². The number of benzene rings is 8. The Morgan fingerprint density at radius 3 is 1.95 bits per heavy atom. The second kappa shape index (κ2) is 12.9. The van der Waals surface area contributed by atoms with Crippen LogP contribution in [0.3, 0.4) is 0 Å². The molecule has 0 N–H and O–H groups in total. The predicted octanol–water partition coefficient (Wildman–Crippen LogP) is 14.2. The standard InChI is InChI=1S/C55H37NO/c1-35(37-17-5-3-6-18-37)33-50(38-19-7-4-8-20-38)56-36(2)39-21-15-22-40(34-39)41-26-16-27-44-42-23-9-12-28-47(42)55(53(41)44)48-29-13-10-25-46(48)52-49(55)32-31-45-43-24-11-14-30-51(43)57-54(45)52/h3-34H,1H2,2H3/b50-33-,56-36+. The molecule has 9 aromatic rings. The van der Waals surface area contributed by atoms with Crippen molar-refractivity contribution in [2.45, 2.75) is 12.3 Å². The second-order valence-electron chi connectivity index (χ2n) is 15.1. The summed E-state index contributed by atoms with van der Waals surface area (Å²) in [5.74, 6) is 0. The van der Waals surface area contributed by atoms with Crippen LogP contribution in [0.15, 0.2) is 210 Å². The molecule has 1 aromatic heterocycles. The van der Waals surface area contributed by atoms with Gasteiger partial charge < -0.3 is 4.42 Å². The Hall–Kier alpha value is -7.29. The van der Waals surface area contributed by atoms with E-state index >= 15 is 0 Å². The van der Waals surface area contributed by atoms with E-state index in [9.17, 15) is 0 Å². The summed E-state index contributed by atoms with van der Waals surface area (Å²) in [5, 5.41) is 2.29. The second-order valence-corrected chi connectivity index (χ2v) is 15.1. The third-order valence-corrected chi connectivity index (χ3v) is 12.0. The molecule has 268 valence electrons. The van der Waals surface area contributed by atoms with Crippen LogP contribution in [0.25, 0.3) is 66.6 Å². The van der Waals surface area contributed by atoms with Crippen LogP contribution in [0, 0.1) is 0 Å². The maximum atomic E-state index is 6.78. The molecule has 11 rings (SSSR count). The number of hydrogen-bond donors (Lipinski definition) is 0. The first-order valence-corrected chi connectivity index (χ1v) is 19.6. The number of rotatable bonds is 6. The first-order chi connectivity index (χ1) is 28.1. The van der Waals surface area contributed by atoms with Crippen LogP contribution in [-0.2, 0) is 5.41 Å². The highest BCUT2D eigenvalue weighted by molar-refractivity contribution is 6.13. The number of fused-ring (bicyclic) bond motifs is 14. The number of furan rings is 1. The summed E-state index contributed by atoms with van der Waals surface area (Å²) in [5.41, 5.74) is 19.7. The smallest absolute Gasteiger partial charge is 0.143 e. The van der Waals surface area contributed by atoms with E-state index in [1.165, 1.54) is 50.1 Å². The van der Waals surface area contributed by atoms with Gasteiger partial charge in [0.05, 0.1) is 11.1 Å². The lowest BCUT2D eigenvalue weighted by molar-refractivity contribution is 0.669. The summed E-state index contributed by atoms with van der Waals surface area (Å²) in [6.45, 7) is 6.52. The van der Waals surface area contributed by atoms with E-state index in [4.69, 9.17) is 9.41 Å². The Labute approximate surface area is 332 Å². The summed E-state index contributed by atoms with van der Waals surface area (Å²) in [7, 11) is 0. The Bertz CT molecular complexity index is 3140. The van der Waals surface area contributed by atoms with Gasteiger partial charge in [-0.25, -0.2) is 0 Å². The van der Waals surface area contributed by atoms with Gasteiger partial charge in [0.2, 0.25) is 0 Å². The third kappa shape index (κ3) is 4.94. The van der Waals surface area contributed by atoms with Crippen molar-refractivity contribution in [3.63, 3.8) is 0 Å². The topological polar surface area (TPSA) is 25.5 Å². The molecular formula is C55H37NO. The third-order valence-electron chi connectivity index (χ3n) is 12.0. The fourth-order valence-corrected chi connectivity index (χ4v) is 9.55. The van der Waals surface area contributed by atoms with Crippen LogP contribution in [0.4, 0.5) is 0 Å². The SMILES string of the molecule is C=C(/C=C(\N=C(/C)c1cccc(-c2cccc3c2C2(c4ccccc4-3)c3ccccc3-c3c2ccc2c3oc3ccccc32)c1)c1ccccc1)c1ccccc1. The first-order valence-electron chi connectivity index (χ1n) is 19.6. The molecule has 0 aliphatic heterocycles. The van der Waals surface area contributed by atoms with Gasteiger partial charge in [-0.15, -0.1) is 0 Å². The van der Waals surface area contributed by atoms with Crippen LogP contribution in [0.5, 0.6) is 0 Å². The molecule has 2 nitrogen and oxygen atoms in total. The van der Waals surface area contributed by atoms with E-state index in [1.54, 1.807) is 0 Å². The molecule has 0 radical (unpaired) electrons. The van der Waals surface area contributed by atoms with Crippen molar-refractivity contribution < 1.29 is 4.42 Å². The minimum atomic E-state index is -0.540. The maximum Gasteiger partial charge on any atom is 0.143 e. The van der Waals surface area contributed by atoms with Crippen molar-refractivity contribution in [3.8, 4) is 33.4 Å². The molecule has 0 saturated heterocycles. The van der Waals surface area contributed by atoms with Crippen molar-refractivity contribution in [2.75, 3.05) is 0 Å². The van der Waals surface area contributed by atoms with Gasteiger partial charge in [-0.1, -0.05) is 183 Å². The molecule has 0 fully saturated rings. The Kier molecular flexibility index (Phi) is 7.49. The Morgan fingerprint density at radius 1 is 0.526 bits per heavy atom. The van der Waals surface area contributed by atoms with Crippen LogP contribution in [-0.4, -0.2) is 5.71 Å². The lowest BCUT2D eigenvalue weighted by Crippen LogP contribution is -2.26. The lowest BCUT2D eigenvalue weighted by atomic mass is 9.68. The van der Waals surface area contributed by atoms with Gasteiger partial charge in [0.1, 0.15) is 11.2 Å². The molecule has 2 heteroatoms. The highest BCUT2D eigenvalue weighted by Crippen LogP contribution is 2.65. The number of nitrogens with zero attached hydrogens (tertiary/aromatic N) is 1. The van der Waals surface area contributed by atoms with Crippen LogP contribution in [0.1, 0.15) is 45.9 Å². The molecule has 2 aliphatic carbocycles. The number of allylic oxidation sites excluding steroid dienone is 2.